The zero-order valence-corrected chi connectivity index (χ0v) is 26.4. The first kappa shape index (κ1) is 31.7. The molecule has 1 aliphatic heterocycles. The molecule has 11 heteroatoms. The molecule has 5 rings (SSSR count). The second-order valence-corrected chi connectivity index (χ2v) is 13.7. The number of carbonyl (C=O) groups excluding carboxylic acids is 2. The van der Waals surface area contributed by atoms with E-state index in [1.165, 1.54) is 4.31 Å². The van der Waals surface area contributed by atoms with Gasteiger partial charge in [-0.1, -0.05) is 66.9 Å². The number of hydrogen-bond acceptors (Lipinski definition) is 6. The first-order chi connectivity index (χ1) is 21.2. The highest BCUT2D eigenvalue weighted by atomic mass is 35.5. The molecular formula is C33H38ClN3O6S. The predicted molar refractivity (Wildman–Crippen MR) is 170 cm³/mol. The Bertz CT molecular complexity index is 1560. The Morgan fingerprint density at radius 1 is 0.955 bits per heavy atom. The largest absolute Gasteiger partial charge is 0.454 e. The molecule has 1 heterocycles. The molecule has 3 aromatic carbocycles. The lowest BCUT2D eigenvalue weighted by molar-refractivity contribution is -0.141. The van der Waals surface area contributed by atoms with Gasteiger partial charge in [-0.2, -0.15) is 0 Å². The lowest BCUT2D eigenvalue weighted by atomic mass is 10.0. The van der Waals surface area contributed by atoms with Gasteiger partial charge in [-0.3, -0.25) is 13.9 Å². The minimum absolute atomic E-state index is 0.0408. The molecule has 3 aromatic rings. The summed E-state index contributed by atoms with van der Waals surface area (Å²) in [6.07, 6.45) is 5.75. The van der Waals surface area contributed by atoms with Crippen LogP contribution in [0.15, 0.2) is 72.8 Å². The standard InChI is InChI=1S/C33H38ClN3O6S/c1-44(40,41)37(28-16-17-30-31(21-28)43-23-42-30)18-8-15-32(38)36(22-25-11-7-12-26(34)19-25)29(20-24-9-3-2-4-10-24)33(39)35-27-13-5-6-14-27/h2-4,7,9-12,16-17,19,21,27,29H,5-6,8,13-15,18,20,22-23H2,1H3,(H,35,39)/t29-/m1/s1. The Morgan fingerprint density at radius 2 is 1.68 bits per heavy atom. The number of benzene rings is 3. The topological polar surface area (TPSA) is 105 Å². The highest BCUT2D eigenvalue weighted by Gasteiger charge is 2.32. The molecule has 0 saturated heterocycles. The molecule has 2 amide bonds. The van der Waals surface area contributed by atoms with E-state index in [2.05, 4.69) is 5.32 Å². The first-order valence-electron chi connectivity index (χ1n) is 14.9. The van der Waals surface area contributed by atoms with E-state index in [0.29, 0.717) is 28.6 Å². The van der Waals surface area contributed by atoms with Crippen LogP contribution in [0.4, 0.5) is 5.69 Å². The molecular weight excluding hydrogens is 602 g/mol. The average molecular weight is 640 g/mol. The van der Waals surface area contributed by atoms with Crippen LogP contribution >= 0.6 is 11.6 Å². The zero-order valence-electron chi connectivity index (χ0n) is 24.8. The number of nitrogens with one attached hydrogen (secondary N) is 1. The summed E-state index contributed by atoms with van der Waals surface area (Å²) in [5, 5.41) is 3.74. The predicted octanol–water partition coefficient (Wildman–Crippen LogP) is 5.31. The van der Waals surface area contributed by atoms with Crippen molar-refractivity contribution in [2.75, 3.05) is 23.9 Å². The number of hydrogen-bond donors (Lipinski definition) is 1. The number of ether oxygens (including phenoxy) is 2. The van der Waals surface area contributed by atoms with Crippen LogP contribution in [0.25, 0.3) is 0 Å². The Hall–Kier alpha value is -3.76. The SMILES string of the molecule is CS(=O)(=O)N(CCCC(=O)N(Cc1cccc(Cl)c1)[C@H](Cc1ccccc1)C(=O)NC1CCCC1)c1ccc2c(c1)OCO2. The molecule has 1 N–H and O–H groups in total. The van der Waals surface area contributed by atoms with Gasteiger partial charge in [0.1, 0.15) is 6.04 Å². The highest BCUT2D eigenvalue weighted by molar-refractivity contribution is 7.92. The monoisotopic (exact) mass is 639 g/mol. The van der Waals surface area contributed by atoms with Crippen LogP contribution < -0.4 is 19.1 Å². The first-order valence-corrected chi connectivity index (χ1v) is 17.2. The van der Waals surface area contributed by atoms with E-state index < -0.39 is 16.1 Å². The van der Waals surface area contributed by atoms with E-state index in [9.17, 15) is 18.0 Å². The van der Waals surface area contributed by atoms with Gasteiger partial charge < -0.3 is 19.7 Å². The van der Waals surface area contributed by atoms with Crippen LogP contribution in [0.5, 0.6) is 11.5 Å². The molecule has 234 valence electrons. The van der Waals surface area contributed by atoms with E-state index in [0.717, 1.165) is 43.1 Å². The summed E-state index contributed by atoms with van der Waals surface area (Å²) in [5.74, 6) is 0.590. The minimum atomic E-state index is -3.66. The van der Waals surface area contributed by atoms with Crippen LogP contribution in [0.2, 0.25) is 5.02 Å². The smallest absolute Gasteiger partial charge is 0.243 e. The van der Waals surface area contributed by atoms with Gasteiger partial charge in [-0.05, 0) is 54.7 Å². The maximum absolute atomic E-state index is 14.0. The second-order valence-electron chi connectivity index (χ2n) is 11.3. The normalized spacial score (nSPS) is 15.1. The van der Waals surface area contributed by atoms with Gasteiger partial charge in [0.15, 0.2) is 11.5 Å². The van der Waals surface area contributed by atoms with Crippen molar-refractivity contribution < 1.29 is 27.5 Å². The minimum Gasteiger partial charge on any atom is -0.454 e. The number of anilines is 1. The maximum atomic E-state index is 14.0. The molecule has 2 aliphatic rings. The third-order valence-corrected chi connectivity index (χ3v) is 9.44. The van der Waals surface area contributed by atoms with Gasteiger partial charge in [0.2, 0.25) is 28.6 Å². The number of sulfonamides is 1. The van der Waals surface area contributed by atoms with Crippen molar-refractivity contribution in [3.05, 3.63) is 88.9 Å². The quantitative estimate of drug-likeness (QED) is 0.272. The number of nitrogens with zero attached hydrogens (tertiary/aromatic N) is 2. The van der Waals surface area contributed by atoms with Crippen molar-refractivity contribution in [1.82, 2.24) is 10.2 Å². The summed E-state index contributed by atoms with van der Waals surface area (Å²) in [5.41, 5.74) is 2.17. The average Bonchev–Trinajstić information content (AvgIpc) is 3.69. The van der Waals surface area contributed by atoms with Gasteiger partial charge in [-0.15, -0.1) is 0 Å². The van der Waals surface area contributed by atoms with E-state index in [1.807, 2.05) is 42.5 Å². The fraction of sp³-hybridized carbons (Fsp3) is 0.394. The van der Waals surface area contributed by atoms with Gasteiger partial charge in [0.05, 0.1) is 11.9 Å². The zero-order chi connectivity index (χ0) is 31.1. The second kappa shape index (κ2) is 14.3. The fourth-order valence-corrected chi connectivity index (χ4v) is 6.97. The number of fused-ring (bicyclic) bond motifs is 1. The number of carbonyl (C=O) groups is 2. The lowest BCUT2D eigenvalue weighted by Crippen LogP contribution is -2.52. The summed E-state index contributed by atoms with van der Waals surface area (Å²) < 4.78 is 37.6. The van der Waals surface area contributed by atoms with Crippen LogP contribution in [0, 0.1) is 0 Å². The number of rotatable bonds is 13. The third kappa shape index (κ3) is 8.24. The summed E-state index contributed by atoms with van der Waals surface area (Å²) in [7, 11) is -3.66. The van der Waals surface area contributed by atoms with Crippen LogP contribution in [-0.4, -0.2) is 56.8 Å². The summed E-state index contributed by atoms with van der Waals surface area (Å²) in [4.78, 5) is 29.5. The molecule has 0 radical (unpaired) electrons. The van der Waals surface area contributed by atoms with E-state index in [-0.39, 0.29) is 50.6 Å². The van der Waals surface area contributed by atoms with Crippen molar-refractivity contribution in [3.63, 3.8) is 0 Å². The summed E-state index contributed by atoms with van der Waals surface area (Å²) >= 11 is 6.29. The van der Waals surface area contributed by atoms with E-state index in [1.54, 1.807) is 35.2 Å². The van der Waals surface area contributed by atoms with E-state index in [4.69, 9.17) is 21.1 Å². The van der Waals surface area contributed by atoms with Crippen molar-refractivity contribution in [3.8, 4) is 11.5 Å². The maximum Gasteiger partial charge on any atom is 0.243 e. The third-order valence-electron chi connectivity index (χ3n) is 8.01. The molecule has 0 aromatic heterocycles. The van der Waals surface area contributed by atoms with Crippen molar-refractivity contribution in [2.45, 2.75) is 63.6 Å². The summed E-state index contributed by atoms with van der Waals surface area (Å²) in [6.45, 7) is 0.340. The molecule has 1 fully saturated rings. The Balaban J connectivity index is 1.38. The molecule has 9 nitrogen and oxygen atoms in total. The van der Waals surface area contributed by atoms with Crippen molar-refractivity contribution >= 4 is 39.1 Å². The Kier molecular flexibility index (Phi) is 10.3. The number of halogens is 1. The Labute approximate surface area is 264 Å². The molecule has 1 atom stereocenters. The lowest BCUT2D eigenvalue weighted by Gasteiger charge is -2.33. The van der Waals surface area contributed by atoms with Crippen molar-refractivity contribution in [2.24, 2.45) is 0 Å². The van der Waals surface area contributed by atoms with Gasteiger partial charge in [0.25, 0.3) is 0 Å². The van der Waals surface area contributed by atoms with Gasteiger partial charge >= 0.3 is 0 Å². The molecule has 0 bridgehead atoms. The van der Waals surface area contributed by atoms with Crippen LogP contribution in [0.3, 0.4) is 0 Å². The van der Waals surface area contributed by atoms with E-state index >= 15 is 0 Å². The number of amides is 2. The van der Waals surface area contributed by atoms with Crippen molar-refractivity contribution in [1.29, 1.82) is 0 Å². The van der Waals surface area contributed by atoms with Crippen LogP contribution in [-0.2, 0) is 32.6 Å². The molecule has 0 unspecified atom stereocenters. The van der Waals surface area contributed by atoms with Gasteiger partial charge in [0, 0.05) is 43.1 Å². The Morgan fingerprint density at radius 3 is 2.41 bits per heavy atom. The molecule has 44 heavy (non-hydrogen) atoms. The highest BCUT2D eigenvalue weighted by Crippen LogP contribution is 2.36. The summed E-state index contributed by atoms with van der Waals surface area (Å²) in [6, 6.07) is 21.2. The molecule has 1 aliphatic carbocycles. The fourth-order valence-electron chi connectivity index (χ4n) is 5.80. The van der Waals surface area contributed by atoms with Gasteiger partial charge in [-0.25, -0.2) is 8.42 Å². The molecule has 1 saturated carbocycles. The van der Waals surface area contributed by atoms with Crippen LogP contribution in [0.1, 0.15) is 49.7 Å². The molecule has 0 spiro atoms.